The summed E-state index contributed by atoms with van der Waals surface area (Å²) in [5, 5.41) is 3.11. The maximum Gasteiger partial charge on any atom is 0.312 e. The first kappa shape index (κ1) is 14.3. The van der Waals surface area contributed by atoms with E-state index >= 15 is 0 Å². The van der Waals surface area contributed by atoms with Crippen molar-refractivity contribution >= 4 is 21.7 Å². The average Bonchev–Trinajstić information content (AvgIpc) is 2.77. The molecular formula is C11H19N3O4S. The number of sulfone groups is 1. The highest BCUT2D eigenvalue weighted by Gasteiger charge is 2.36. The standard InChI is InChI=1S/C11H19N3O4S/c1-13(9-2-7-19(17,18)8-9)10(15)11(16)14-5-3-12-4-6-14/h9,12H,2-8H2,1H3. The molecule has 0 aromatic rings. The molecule has 1 atom stereocenters. The largest absolute Gasteiger partial charge is 0.333 e. The van der Waals surface area contributed by atoms with Crippen molar-refractivity contribution in [3.05, 3.63) is 0 Å². The predicted molar refractivity (Wildman–Crippen MR) is 69.3 cm³/mol. The summed E-state index contributed by atoms with van der Waals surface area (Å²) in [6, 6.07) is -0.371. The fraction of sp³-hybridized carbons (Fsp3) is 0.818. The second-order valence-corrected chi connectivity index (χ2v) is 7.24. The highest BCUT2D eigenvalue weighted by molar-refractivity contribution is 7.91. The first-order valence-corrected chi connectivity index (χ1v) is 8.20. The molecule has 8 heteroatoms. The van der Waals surface area contributed by atoms with E-state index in [1.165, 1.54) is 16.8 Å². The van der Waals surface area contributed by atoms with Gasteiger partial charge in [0.05, 0.1) is 11.5 Å². The van der Waals surface area contributed by atoms with Crippen LogP contribution in [-0.2, 0) is 19.4 Å². The fourth-order valence-electron chi connectivity index (χ4n) is 2.40. The van der Waals surface area contributed by atoms with Crippen LogP contribution < -0.4 is 5.32 Å². The molecule has 108 valence electrons. The molecular weight excluding hydrogens is 270 g/mol. The van der Waals surface area contributed by atoms with Crippen LogP contribution in [0.2, 0.25) is 0 Å². The van der Waals surface area contributed by atoms with Crippen LogP contribution in [0.5, 0.6) is 0 Å². The zero-order valence-corrected chi connectivity index (χ0v) is 11.8. The number of rotatable bonds is 1. The van der Waals surface area contributed by atoms with Crippen LogP contribution >= 0.6 is 0 Å². The van der Waals surface area contributed by atoms with Gasteiger partial charge in [-0.05, 0) is 6.42 Å². The summed E-state index contributed by atoms with van der Waals surface area (Å²) in [4.78, 5) is 26.9. The zero-order valence-electron chi connectivity index (χ0n) is 11.0. The van der Waals surface area contributed by atoms with Crippen molar-refractivity contribution in [1.82, 2.24) is 15.1 Å². The van der Waals surface area contributed by atoms with Gasteiger partial charge in [0.2, 0.25) is 0 Å². The van der Waals surface area contributed by atoms with E-state index in [2.05, 4.69) is 5.32 Å². The van der Waals surface area contributed by atoms with E-state index in [1.807, 2.05) is 0 Å². The molecule has 2 aliphatic rings. The Morgan fingerprint density at radius 2 is 1.89 bits per heavy atom. The van der Waals surface area contributed by atoms with Crippen molar-refractivity contribution in [3.8, 4) is 0 Å². The van der Waals surface area contributed by atoms with Crippen molar-refractivity contribution in [1.29, 1.82) is 0 Å². The lowest BCUT2D eigenvalue weighted by atomic mass is 10.2. The minimum Gasteiger partial charge on any atom is -0.333 e. The van der Waals surface area contributed by atoms with Gasteiger partial charge in [0.15, 0.2) is 9.84 Å². The molecule has 7 nitrogen and oxygen atoms in total. The number of carbonyl (C=O) groups excluding carboxylic acids is 2. The van der Waals surface area contributed by atoms with Crippen LogP contribution in [0.15, 0.2) is 0 Å². The van der Waals surface area contributed by atoms with Crippen molar-refractivity contribution in [2.45, 2.75) is 12.5 Å². The SMILES string of the molecule is CN(C(=O)C(=O)N1CCNCC1)C1CCS(=O)(=O)C1. The van der Waals surface area contributed by atoms with Gasteiger partial charge in [-0.3, -0.25) is 9.59 Å². The van der Waals surface area contributed by atoms with Crippen LogP contribution in [0, 0.1) is 0 Å². The smallest absolute Gasteiger partial charge is 0.312 e. The Balaban J connectivity index is 1.97. The molecule has 0 spiro atoms. The Labute approximate surface area is 112 Å². The normalized spacial score (nSPS) is 26.2. The van der Waals surface area contributed by atoms with E-state index in [1.54, 1.807) is 0 Å². The number of piperazine rings is 1. The van der Waals surface area contributed by atoms with E-state index in [4.69, 9.17) is 0 Å². The van der Waals surface area contributed by atoms with E-state index in [0.717, 1.165) is 0 Å². The van der Waals surface area contributed by atoms with Crippen LogP contribution in [-0.4, -0.2) is 80.8 Å². The first-order valence-electron chi connectivity index (χ1n) is 6.38. The number of likely N-dealkylation sites (N-methyl/N-ethyl adjacent to an activating group) is 1. The lowest BCUT2D eigenvalue weighted by Crippen LogP contribution is -2.53. The monoisotopic (exact) mass is 289 g/mol. The third kappa shape index (κ3) is 3.24. The third-order valence-electron chi connectivity index (χ3n) is 3.66. The van der Waals surface area contributed by atoms with Crippen LogP contribution in [0.3, 0.4) is 0 Å². The molecule has 2 fully saturated rings. The highest BCUT2D eigenvalue weighted by atomic mass is 32.2. The molecule has 2 amide bonds. The number of carbonyl (C=O) groups is 2. The van der Waals surface area contributed by atoms with E-state index < -0.39 is 21.7 Å². The van der Waals surface area contributed by atoms with Crippen LogP contribution in [0.4, 0.5) is 0 Å². The summed E-state index contributed by atoms with van der Waals surface area (Å²) in [6.45, 7) is 2.39. The summed E-state index contributed by atoms with van der Waals surface area (Å²) in [5.74, 6) is -1.08. The molecule has 2 saturated heterocycles. The minimum atomic E-state index is -3.05. The van der Waals surface area contributed by atoms with E-state index in [0.29, 0.717) is 32.6 Å². The summed E-state index contributed by atoms with van der Waals surface area (Å²) < 4.78 is 22.8. The van der Waals surface area contributed by atoms with Gasteiger partial charge in [0, 0.05) is 39.3 Å². The average molecular weight is 289 g/mol. The molecule has 0 saturated carbocycles. The highest BCUT2D eigenvalue weighted by Crippen LogP contribution is 2.17. The topological polar surface area (TPSA) is 86.8 Å². The summed E-state index contributed by atoms with van der Waals surface area (Å²) in [7, 11) is -1.55. The van der Waals surface area contributed by atoms with Gasteiger partial charge in [-0.1, -0.05) is 0 Å². The molecule has 19 heavy (non-hydrogen) atoms. The Hall–Kier alpha value is -1.15. The number of nitrogens with one attached hydrogen (secondary N) is 1. The van der Waals surface area contributed by atoms with Gasteiger partial charge in [-0.25, -0.2) is 8.42 Å². The summed E-state index contributed by atoms with van der Waals surface area (Å²) in [5.41, 5.74) is 0. The fourth-order valence-corrected chi connectivity index (χ4v) is 4.18. The summed E-state index contributed by atoms with van der Waals surface area (Å²) in [6.07, 6.45) is 0.416. The molecule has 2 rings (SSSR count). The van der Waals surface area contributed by atoms with E-state index in [-0.39, 0.29) is 17.5 Å². The van der Waals surface area contributed by atoms with Gasteiger partial charge in [-0.2, -0.15) is 0 Å². The van der Waals surface area contributed by atoms with Gasteiger partial charge >= 0.3 is 11.8 Å². The third-order valence-corrected chi connectivity index (χ3v) is 5.41. The Morgan fingerprint density at radius 1 is 1.26 bits per heavy atom. The van der Waals surface area contributed by atoms with Crippen molar-refractivity contribution in [2.24, 2.45) is 0 Å². The van der Waals surface area contributed by atoms with E-state index in [9.17, 15) is 18.0 Å². The molecule has 1 unspecified atom stereocenters. The lowest BCUT2D eigenvalue weighted by molar-refractivity contribution is -0.152. The minimum absolute atomic E-state index is 0.0376. The number of hydrogen-bond acceptors (Lipinski definition) is 5. The van der Waals surface area contributed by atoms with Crippen LogP contribution in [0.25, 0.3) is 0 Å². The Kier molecular flexibility index (Phi) is 4.10. The second kappa shape index (κ2) is 5.46. The van der Waals surface area contributed by atoms with Gasteiger partial charge < -0.3 is 15.1 Å². The Bertz CT molecular complexity index is 470. The van der Waals surface area contributed by atoms with Crippen molar-refractivity contribution < 1.29 is 18.0 Å². The molecule has 1 N–H and O–H groups in total. The molecule has 0 aliphatic carbocycles. The molecule has 0 radical (unpaired) electrons. The summed E-state index contributed by atoms with van der Waals surface area (Å²) >= 11 is 0. The lowest BCUT2D eigenvalue weighted by Gasteiger charge is -2.30. The second-order valence-electron chi connectivity index (χ2n) is 5.02. The van der Waals surface area contributed by atoms with Crippen molar-refractivity contribution in [2.75, 3.05) is 44.7 Å². The van der Waals surface area contributed by atoms with Crippen molar-refractivity contribution in [3.63, 3.8) is 0 Å². The molecule has 0 bridgehead atoms. The molecule has 0 aromatic heterocycles. The first-order chi connectivity index (χ1) is 8.91. The van der Waals surface area contributed by atoms with Gasteiger partial charge in [-0.15, -0.1) is 0 Å². The molecule has 2 aliphatic heterocycles. The van der Waals surface area contributed by atoms with Crippen LogP contribution in [0.1, 0.15) is 6.42 Å². The number of hydrogen-bond donors (Lipinski definition) is 1. The van der Waals surface area contributed by atoms with Gasteiger partial charge in [0.25, 0.3) is 0 Å². The zero-order chi connectivity index (χ0) is 14.0. The maximum atomic E-state index is 12.1. The molecule has 2 heterocycles. The molecule has 0 aromatic carbocycles. The quantitative estimate of drug-likeness (QED) is 0.568. The number of nitrogens with zero attached hydrogens (tertiary/aromatic N) is 2. The predicted octanol–water partition coefficient (Wildman–Crippen LogP) is -1.94. The van der Waals surface area contributed by atoms with Gasteiger partial charge in [0.1, 0.15) is 0 Å². The maximum absolute atomic E-state index is 12.1. The number of amides is 2. The Morgan fingerprint density at radius 3 is 2.42 bits per heavy atom.